The van der Waals surface area contributed by atoms with E-state index >= 15 is 0 Å². The average molecular weight is 422 g/mol. The molecule has 1 aliphatic carbocycles. The monoisotopic (exact) mass is 421 g/mol. The molecule has 0 N–H and O–H groups in total. The molecule has 1 fully saturated rings. The van der Waals surface area contributed by atoms with Gasteiger partial charge < -0.3 is 14.2 Å². The summed E-state index contributed by atoms with van der Waals surface area (Å²) in [7, 11) is 1.33. The number of rotatable bonds is 5. The minimum absolute atomic E-state index is 0.136. The summed E-state index contributed by atoms with van der Waals surface area (Å²) in [6.45, 7) is 1.04. The number of benzene rings is 2. The van der Waals surface area contributed by atoms with Crippen LogP contribution in [0.1, 0.15) is 34.0 Å². The fraction of sp³-hybridized carbons (Fsp3) is 0.261. The van der Waals surface area contributed by atoms with Gasteiger partial charge in [-0.25, -0.2) is 9.78 Å². The van der Waals surface area contributed by atoms with Crippen LogP contribution in [-0.4, -0.2) is 35.1 Å². The molecule has 0 bridgehead atoms. The predicted octanol–water partition coefficient (Wildman–Crippen LogP) is 3.80. The van der Waals surface area contributed by atoms with Gasteiger partial charge in [-0.1, -0.05) is 41.9 Å². The van der Waals surface area contributed by atoms with Gasteiger partial charge in [0.2, 0.25) is 5.91 Å². The van der Waals surface area contributed by atoms with Crippen LogP contribution >= 0.6 is 11.6 Å². The van der Waals surface area contributed by atoms with Crippen molar-refractivity contribution in [1.29, 1.82) is 0 Å². The first kappa shape index (κ1) is 18.9. The van der Waals surface area contributed by atoms with Crippen molar-refractivity contribution in [1.82, 2.24) is 9.55 Å². The SMILES string of the molecule is COC(=O)c1cn(CCN2C(=O)[C@]3(C[C@@H]3c3ccc(Cl)cc3)c3ccccc32)cn1. The van der Waals surface area contributed by atoms with Crippen molar-refractivity contribution in [3.8, 4) is 0 Å². The van der Waals surface area contributed by atoms with E-state index in [1.165, 1.54) is 7.11 Å². The Morgan fingerprint density at radius 1 is 1.20 bits per heavy atom. The van der Waals surface area contributed by atoms with E-state index in [0.29, 0.717) is 18.1 Å². The second-order valence-electron chi connectivity index (χ2n) is 7.74. The van der Waals surface area contributed by atoms with Crippen LogP contribution < -0.4 is 4.90 Å². The number of imidazole rings is 1. The molecule has 1 amide bonds. The lowest BCUT2D eigenvalue weighted by molar-refractivity contribution is -0.120. The zero-order valence-electron chi connectivity index (χ0n) is 16.4. The molecule has 0 unspecified atom stereocenters. The van der Waals surface area contributed by atoms with Gasteiger partial charge in [0.1, 0.15) is 0 Å². The molecule has 2 atom stereocenters. The molecule has 1 aliphatic heterocycles. The lowest BCUT2D eigenvalue weighted by Crippen LogP contribution is -2.35. The number of nitrogens with zero attached hydrogens (tertiary/aromatic N) is 3. The summed E-state index contributed by atoms with van der Waals surface area (Å²) in [5, 5.41) is 0.694. The van der Waals surface area contributed by atoms with Crippen molar-refractivity contribution in [2.45, 2.75) is 24.3 Å². The van der Waals surface area contributed by atoms with E-state index in [4.69, 9.17) is 16.3 Å². The molecule has 1 saturated carbocycles. The van der Waals surface area contributed by atoms with Crippen LogP contribution in [0, 0.1) is 0 Å². The van der Waals surface area contributed by atoms with Crippen molar-refractivity contribution < 1.29 is 14.3 Å². The van der Waals surface area contributed by atoms with E-state index in [9.17, 15) is 9.59 Å². The van der Waals surface area contributed by atoms with E-state index in [0.717, 1.165) is 23.2 Å². The summed E-state index contributed by atoms with van der Waals surface area (Å²) in [6, 6.07) is 15.8. The number of methoxy groups -OCH3 is 1. The van der Waals surface area contributed by atoms with E-state index in [1.807, 2.05) is 47.4 Å². The van der Waals surface area contributed by atoms with E-state index in [1.54, 1.807) is 17.1 Å². The van der Waals surface area contributed by atoms with Gasteiger partial charge in [-0.15, -0.1) is 0 Å². The Morgan fingerprint density at radius 2 is 1.97 bits per heavy atom. The maximum absolute atomic E-state index is 13.6. The Hall–Kier alpha value is -3.12. The number of ether oxygens (including phenoxy) is 1. The zero-order chi connectivity index (χ0) is 20.9. The van der Waals surface area contributed by atoms with Gasteiger partial charge in [0.25, 0.3) is 0 Å². The molecule has 2 heterocycles. The van der Waals surface area contributed by atoms with Gasteiger partial charge in [0, 0.05) is 35.9 Å². The zero-order valence-corrected chi connectivity index (χ0v) is 17.2. The number of para-hydroxylation sites is 1. The molecule has 5 rings (SSSR count). The fourth-order valence-electron chi connectivity index (χ4n) is 4.58. The Morgan fingerprint density at radius 3 is 2.73 bits per heavy atom. The summed E-state index contributed by atoms with van der Waals surface area (Å²) >= 11 is 6.04. The number of hydrogen-bond acceptors (Lipinski definition) is 4. The number of anilines is 1. The summed E-state index contributed by atoms with van der Waals surface area (Å²) in [6.07, 6.45) is 4.03. The van der Waals surface area contributed by atoms with Crippen molar-refractivity contribution in [2.24, 2.45) is 0 Å². The van der Waals surface area contributed by atoms with Crippen LogP contribution in [0.15, 0.2) is 61.1 Å². The van der Waals surface area contributed by atoms with Gasteiger partial charge in [0.05, 0.1) is 18.9 Å². The lowest BCUT2D eigenvalue weighted by Gasteiger charge is -2.18. The Labute approximate surface area is 179 Å². The first-order valence-electron chi connectivity index (χ1n) is 9.81. The fourth-order valence-corrected chi connectivity index (χ4v) is 4.70. The van der Waals surface area contributed by atoms with E-state index < -0.39 is 11.4 Å². The lowest BCUT2D eigenvalue weighted by atomic mass is 9.92. The molecule has 3 aromatic rings. The number of hydrogen-bond donors (Lipinski definition) is 0. The Kier molecular flexibility index (Phi) is 4.40. The average Bonchev–Trinajstić information content (AvgIpc) is 3.26. The van der Waals surface area contributed by atoms with Gasteiger partial charge in [0.15, 0.2) is 5.69 Å². The maximum Gasteiger partial charge on any atom is 0.358 e. The first-order valence-corrected chi connectivity index (χ1v) is 10.2. The molecular formula is C23H20ClN3O3. The molecule has 0 radical (unpaired) electrons. The van der Waals surface area contributed by atoms with E-state index in [-0.39, 0.29) is 17.5 Å². The highest BCUT2D eigenvalue weighted by Gasteiger charge is 2.66. The molecule has 7 heteroatoms. The molecule has 152 valence electrons. The van der Waals surface area contributed by atoms with Gasteiger partial charge >= 0.3 is 5.97 Å². The molecule has 1 spiro atoms. The number of esters is 1. The molecule has 2 aromatic carbocycles. The summed E-state index contributed by atoms with van der Waals surface area (Å²) in [5.74, 6) is -0.177. The number of carbonyl (C=O) groups is 2. The molecule has 0 saturated heterocycles. The van der Waals surface area contributed by atoms with Crippen LogP contribution in [0.2, 0.25) is 5.02 Å². The highest BCUT2D eigenvalue weighted by atomic mass is 35.5. The summed E-state index contributed by atoms with van der Waals surface area (Å²) in [4.78, 5) is 31.1. The molecule has 6 nitrogen and oxygen atoms in total. The molecule has 30 heavy (non-hydrogen) atoms. The molecular weight excluding hydrogens is 402 g/mol. The maximum atomic E-state index is 13.6. The second-order valence-corrected chi connectivity index (χ2v) is 8.18. The quantitative estimate of drug-likeness (QED) is 0.588. The van der Waals surface area contributed by atoms with E-state index in [2.05, 4.69) is 11.1 Å². The van der Waals surface area contributed by atoms with Gasteiger partial charge in [-0.05, 0) is 35.7 Å². The minimum Gasteiger partial charge on any atom is -0.464 e. The number of amides is 1. The third kappa shape index (κ3) is 2.82. The third-order valence-electron chi connectivity index (χ3n) is 6.15. The normalized spacial score (nSPS) is 21.7. The Balaban J connectivity index is 1.40. The van der Waals surface area contributed by atoms with Crippen LogP contribution in [0.5, 0.6) is 0 Å². The standard InChI is InChI=1S/C23H20ClN3O3/c1-30-21(28)19-13-26(14-25-19)10-11-27-20-5-3-2-4-17(20)23(22(27)29)12-18(23)15-6-8-16(24)9-7-15/h2-9,13-14,18H,10-12H2,1H3/t18-,23-/m1/s1. The summed E-state index contributed by atoms with van der Waals surface area (Å²) < 4.78 is 6.50. The minimum atomic E-state index is -0.490. The van der Waals surface area contributed by atoms with Crippen molar-refractivity contribution in [3.05, 3.63) is 82.9 Å². The highest BCUT2D eigenvalue weighted by molar-refractivity contribution is 6.30. The van der Waals surface area contributed by atoms with Crippen molar-refractivity contribution >= 4 is 29.2 Å². The summed E-state index contributed by atoms with van der Waals surface area (Å²) in [5.41, 5.74) is 2.97. The van der Waals surface area contributed by atoms with Gasteiger partial charge in [-0.3, -0.25) is 4.79 Å². The second kappa shape index (κ2) is 6.99. The van der Waals surface area contributed by atoms with Crippen LogP contribution in [0.3, 0.4) is 0 Å². The van der Waals surface area contributed by atoms with Crippen molar-refractivity contribution in [3.63, 3.8) is 0 Å². The largest absolute Gasteiger partial charge is 0.464 e. The third-order valence-corrected chi connectivity index (χ3v) is 6.40. The highest BCUT2D eigenvalue weighted by Crippen LogP contribution is 2.66. The van der Waals surface area contributed by atoms with Crippen LogP contribution in [-0.2, 0) is 21.5 Å². The first-order chi connectivity index (χ1) is 14.5. The number of carbonyl (C=O) groups excluding carboxylic acids is 2. The number of aromatic nitrogens is 2. The van der Waals surface area contributed by atoms with Crippen LogP contribution in [0.4, 0.5) is 5.69 Å². The molecule has 1 aromatic heterocycles. The number of fused-ring (bicyclic) bond motifs is 2. The predicted molar refractivity (Wildman–Crippen MR) is 113 cm³/mol. The molecule has 2 aliphatic rings. The smallest absolute Gasteiger partial charge is 0.358 e. The van der Waals surface area contributed by atoms with Crippen molar-refractivity contribution in [2.75, 3.05) is 18.6 Å². The van der Waals surface area contributed by atoms with Gasteiger partial charge in [-0.2, -0.15) is 0 Å². The number of halogens is 1. The van der Waals surface area contributed by atoms with Crippen LogP contribution in [0.25, 0.3) is 0 Å². The Bertz CT molecular complexity index is 1140. The topological polar surface area (TPSA) is 64.4 Å².